The van der Waals surface area contributed by atoms with Crippen molar-refractivity contribution in [3.8, 4) is 5.75 Å². The summed E-state index contributed by atoms with van der Waals surface area (Å²) in [5.74, 6) is -0.175. The number of rotatable bonds is 2. The van der Waals surface area contributed by atoms with Gasteiger partial charge in [0.2, 0.25) is 0 Å². The van der Waals surface area contributed by atoms with E-state index in [1.54, 1.807) is 6.07 Å². The zero-order valence-electron chi connectivity index (χ0n) is 12.4. The number of alkyl halides is 3. The molecule has 0 saturated carbocycles. The van der Waals surface area contributed by atoms with E-state index in [9.17, 15) is 13.2 Å². The summed E-state index contributed by atoms with van der Waals surface area (Å²) in [7, 11) is 0. The normalized spacial score (nSPS) is 14.7. The van der Waals surface area contributed by atoms with Crippen molar-refractivity contribution in [1.82, 2.24) is 0 Å². The Balaban J connectivity index is 2.02. The molecule has 2 aromatic rings. The van der Waals surface area contributed by atoms with Crippen molar-refractivity contribution in [1.29, 1.82) is 0 Å². The van der Waals surface area contributed by atoms with Crippen molar-refractivity contribution < 1.29 is 17.9 Å². The van der Waals surface area contributed by atoms with Gasteiger partial charge < -0.3 is 4.74 Å². The first-order chi connectivity index (χ1) is 10.8. The smallest absolute Gasteiger partial charge is 0.406 e. The van der Waals surface area contributed by atoms with E-state index in [2.05, 4.69) is 4.74 Å². The van der Waals surface area contributed by atoms with Crippen LogP contribution in [0.15, 0.2) is 48.0 Å². The van der Waals surface area contributed by atoms with Gasteiger partial charge in [-0.15, -0.1) is 13.2 Å². The molecular weight excluding hydrogens is 325 g/mol. The van der Waals surface area contributed by atoms with Gasteiger partial charge in [0.25, 0.3) is 0 Å². The highest BCUT2D eigenvalue weighted by Gasteiger charge is 2.31. The SMILES string of the molecule is CC1=C(c2ccc(Cl)cc2)c2ccc(OC(F)(F)F)cc2CC1. The monoisotopic (exact) mass is 338 g/mol. The lowest BCUT2D eigenvalue weighted by Crippen LogP contribution is -2.17. The van der Waals surface area contributed by atoms with Crippen LogP contribution >= 0.6 is 11.6 Å². The number of ether oxygens (including phenoxy) is 1. The van der Waals surface area contributed by atoms with Gasteiger partial charge in [0.1, 0.15) is 5.75 Å². The van der Waals surface area contributed by atoms with E-state index >= 15 is 0 Å². The second-order valence-corrected chi connectivity index (χ2v) is 5.97. The Bertz CT molecular complexity index is 761. The van der Waals surface area contributed by atoms with Crippen molar-refractivity contribution in [2.75, 3.05) is 0 Å². The first-order valence-electron chi connectivity index (χ1n) is 7.18. The molecule has 1 aliphatic rings. The van der Waals surface area contributed by atoms with E-state index in [1.165, 1.54) is 17.7 Å². The molecule has 0 radical (unpaired) electrons. The maximum Gasteiger partial charge on any atom is 0.573 e. The molecule has 1 aliphatic carbocycles. The van der Waals surface area contributed by atoms with E-state index in [4.69, 9.17) is 11.6 Å². The summed E-state index contributed by atoms with van der Waals surface area (Å²) in [6.45, 7) is 2.05. The molecule has 3 rings (SSSR count). The first kappa shape index (κ1) is 15.9. The molecule has 23 heavy (non-hydrogen) atoms. The standard InChI is InChI=1S/C18H14ClF3O/c1-11-2-3-13-10-15(23-18(20,21)22)8-9-16(13)17(11)12-4-6-14(19)7-5-12/h4-10H,2-3H2,1H3. The van der Waals surface area contributed by atoms with Crippen molar-refractivity contribution in [2.45, 2.75) is 26.1 Å². The zero-order valence-corrected chi connectivity index (χ0v) is 13.1. The predicted molar refractivity (Wildman–Crippen MR) is 84.6 cm³/mol. The summed E-state index contributed by atoms with van der Waals surface area (Å²) < 4.78 is 41.1. The lowest BCUT2D eigenvalue weighted by molar-refractivity contribution is -0.274. The molecule has 0 N–H and O–H groups in total. The molecule has 0 fully saturated rings. The van der Waals surface area contributed by atoms with Gasteiger partial charge in [-0.05, 0) is 66.3 Å². The first-order valence-corrected chi connectivity index (χ1v) is 7.56. The van der Waals surface area contributed by atoms with Gasteiger partial charge in [-0.2, -0.15) is 0 Å². The molecule has 0 heterocycles. The maximum absolute atomic E-state index is 12.4. The molecule has 0 aromatic heterocycles. The van der Waals surface area contributed by atoms with Crippen LogP contribution in [-0.2, 0) is 6.42 Å². The lowest BCUT2D eigenvalue weighted by Gasteiger charge is -2.23. The van der Waals surface area contributed by atoms with Crippen LogP contribution < -0.4 is 4.74 Å². The minimum Gasteiger partial charge on any atom is -0.406 e. The van der Waals surface area contributed by atoms with Gasteiger partial charge >= 0.3 is 6.36 Å². The Labute approximate surface area is 137 Å². The number of allylic oxidation sites excluding steroid dienone is 1. The molecule has 0 saturated heterocycles. The van der Waals surface area contributed by atoms with E-state index < -0.39 is 6.36 Å². The Morgan fingerprint density at radius 3 is 2.35 bits per heavy atom. The third kappa shape index (κ3) is 3.53. The average Bonchev–Trinajstić information content (AvgIpc) is 2.47. The number of halogens is 4. The second-order valence-electron chi connectivity index (χ2n) is 5.53. The van der Waals surface area contributed by atoms with Gasteiger partial charge in [-0.25, -0.2) is 0 Å². The van der Waals surface area contributed by atoms with Crippen molar-refractivity contribution in [2.24, 2.45) is 0 Å². The minimum atomic E-state index is -4.67. The molecule has 1 nitrogen and oxygen atoms in total. The van der Waals surface area contributed by atoms with Crippen molar-refractivity contribution >= 4 is 17.2 Å². The van der Waals surface area contributed by atoms with Crippen LogP contribution in [0, 0.1) is 0 Å². The Kier molecular flexibility index (Phi) is 4.11. The molecule has 120 valence electrons. The number of fused-ring (bicyclic) bond motifs is 1. The fourth-order valence-corrected chi connectivity index (χ4v) is 3.04. The predicted octanol–water partition coefficient (Wildman–Crippen LogP) is 6.01. The number of hydrogen-bond acceptors (Lipinski definition) is 1. The van der Waals surface area contributed by atoms with Gasteiger partial charge in [0, 0.05) is 5.02 Å². The fourth-order valence-electron chi connectivity index (χ4n) is 2.91. The van der Waals surface area contributed by atoms with Crippen molar-refractivity contribution in [3.63, 3.8) is 0 Å². The summed E-state index contributed by atoms with van der Waals surface area (Å²) in [5.41, 5.74) is 5.09. The molecule has 2 aromatic carbocycles. The Morgan fingerprint density at radius 2 is 1.70 bits per heavy atom. The summed E-state index contributed by atoms with van der Waals surface area (Å²) in [6, 6.07) is 12.0. The third-order valence-electron chi connectivity index (χ3n) is 3.91. The highest BCUT2D eigenvalue weighted by Crippen LogP contribution is 2.38. The van der Waals surface area contributed by atoms with Crippen LogP contribution in [0.3, 0.4) is 0 Å². The fraction of sp³-hybridized carbons (Fsp3) is 0.222. The molecule has 0 atom stereocenters. The van der Waals surface area contributed by atoms with Crippen molar-refractivity contribution in [3.05, 3.63) is 69.8 Å². The molecule has 0 amide bonds. The van der Waals surface area contributed by atoms with Crippen LogP contribution in [0.5, 0.6) is 5.75 Å². The van der Waals surface area contributed by atoms with E-state index in [0.717, 1.165) is 28.7 Å². The van der Waals surface area contributed by atoms with Gasteiger partial charge in [-0.1, -0.05) is 35.4 Å². The van der Waals surface area contributed by atoms with E-state index in [-0.39, 0.29) is 5.75 Å². The molecule has 5 heteroatoms. The zero-order chi connectivity index (χ0) is 16.6. The summed E-state index contributed by atoms with van der Waals surface area (Å²) in [4.78, 5) is 0. The largest absolute Gasteiger partial charge is 0.573 e. The number of benzene rings is 2. The van der Waals surface area contributed by atoms with Crippen LogP contribution in [0.25, 0.3) is 5.57 Å². The van der Waals surface area contributed by atoms with Gasteiger partial charge in [-0.3, -0.25) is 0 Å². The number of aryl methyl sites for hydroxylation is 1. The maximum atomic E-state index is 12.4. The molecule has 0 spiro atoms. The second kappa shape index (κ2) is 5.93. The average molecular weight is 339 g/mol. The molecule has 0 bridgehead atoms. The summed E-state index contributed by atoms with van der Waals surface area (Å²) >= 11 is 5.93. The van der Waals surface area contributed by atoms with Gasteiger partial charge in [0.05, 0.1) is 0 Å². The molecule has 0 unspecified atom stereocenters. The third-order valence-corrected chi connectivity index (χ3v) is 4.16. The van der Waals surface area contributed by atoms with E-state index in [0.29, 0.717) is 11.4 Å². The highest BCUT2D eigenvalue weighted by molar-refractivity contribution is 6.30. The minimum absolute atomic E-state index is 0.175. The topological polar surface area (TPSA) is 9.23 Å². The number of hydrogen-bond donors (Lipinski definition) is 0. The lowest BCUT2D eigenvalue weighted by atomic mass is 9.83. The summed E-state index contributed by atoms with van der Waals surface area (Å²) in [5, 5.41) is 0.650. The van der Waals surface area contributed by atoms with E-state index in [1.807, 2.05) is 31.2 Å². The summed E-state index contributed by atoms with van der Waals surface area (Å²) in [6.07, 6.45) is -3.17. The molecule has 0 aliphatic heterocycles. The highest BCUT2D eigenvalue weighted by atomic mass is 35.5. The van der Waals surface area contributed by atoms with Crippen LogP contribution in [0.2, 0.25) is 5.02 Å². The van der Waals surface area contributed by atoms with Crippen LogP contribution in [-0.4, -0.2) is 6.36 Å². The Morgan fingerprint density at radius 1 is 1.00 bits per heavy atom. The Hall–Kier alpha value is -1.94. The van der Waals surface area contributed by atoms with Crippen LogP contribution in [0.1, 0.15) is 30.0 Å². The molecular formula is C18H14ClF3O. The van der Waals surface area contributed by atoms with Gasteiger partial charge in [0.15, 0.2) is 0 Å². The van der Waals surface area contributed by atoms with Crippen LogP contribution in [0.4, 0.5) is 13.2 Å². The quantitative estimate of drug-likeness (QED) is 0.652.